The number of nitrogens with zero attached hydrogens (tertiary/aromatic N) is 1. The van der Waals surface area contributed by atoms with Crippen molar-refractivity contribution in [3.8, 4) is 0 Å². The molecule has 1 aliphatic heterocycles. The van der Waals surface area contributed by atoms with Gasteiger partial charge in [-0.2, -0.15) is 0 Å². The zero-order valence-electron chi connectivity index (χ0n) is 13.7. The molecule has 1 aromatic carbocycles. The van der Waals surface area contributed by atoms with Crippen LogP contribution in [0.3, 0.4) is 0 Å². The van der Waals surface area contributed by atoms with Crippen LogP contribution in [0.2, 0.25) is 0 Å². The minimum atomic E-state index is -0.720. The number of ether oxygens (including phenoxy) is 2. The van der Waals surface area contributed by atoms with E-state index < -0.39 is 11.9 Å². The number of hydrogen-bond acceptors (Lipinski definition) is 6. The van der Waals surface area contributed by atoms with Crippen LogP contribution >= 0.6 is 11.3 Å². The third kappa shape index (κ3) is 3.71. The second kappa shape index (κ2) is 7.48. The molecule has 3 rings (SSSR count). The quantitative estimate of drug-likeness (QED) is 0.783. The third-order valence-corrected chi connectivity index (χ3v) is 5.06. The summed E-state index contributed by atoms with van der Waals surface area (Å²) in [5.41, 5.74) is 1.34. The van der Waals surface area contributed by atoms with Gasteiger partial charge in [-0.1, -0.05) is 12.1 Å². The molecule has 7 heteroatoms. The van der Waals surface area contributed by atoms with Gasteiger partial charge in [-0.25, -0.2) is 9.59 Å². The van der Waals surface area contributed by atoms with E-state index in [1.54, 1.807) is 28.4 Å². The summed E-state index contributed by atoms with van der Waals surface area (Å²) in [6.07, 6.45) is 0.817. The van der Waals surface area contributed by atoms with Crippen molar-refractivity contribution in [1.82, 2.24) is 4.90 Å². The molecule has 0 atom stereocenters. The van der Waals surface area contributed by atoms with Crippen LogP contribution in [0, 0.1) is 0 Å². The van der Waals surface area contributed by atoms with Crippen molar-refractivity contribution in [3.63, 3.8) is 0 Å². The average molecular weight is 359 g/mol. The maximum absolute atomic E-state index is 12.3. The van der Waals surface area contributed by atoms with Crippen molar-refractivity contribution in [2.45, 2.75) is 13.0 Å². The largest absolute Gasteiger partial charge is 0.465 e. The van der Waals surface area contributed by atoms with Gasteiger partial charge in [0, 0.05) is 18.0 Å². The average Bonchev–Trinajstić information content (AvgIpc) is 3.12. The van der Waals surface area contributed by atoms with Crippen LogP contribution in [0.1, 0.15) is 31.2 Å². The Morgan fingerprint density at radius 3 is 2.56 bits per heavy atom. The minimum Gasteiger partial charge on any atom is -0.465 e. The zero-order chi connectivity index (χ0) is 17.8. The number of esters is 2. The van der Waals surface area contributed by atoms with E-state index in [0.717, 1.165) is 12.0 Å². The molecule has 0 fully saturated rings. The van der Waals surface area contributed by atoms with Crippen molar-refractivity contribution in [1.29, 1.82) is 0 Å². The highest BCUT2D eigenvalue weighted by atomic mass is 32.1. The number of fused-ring (bicyclic) bond motifs is 1. The maximum atomic E-state index is 12.3. The van der Waals surface area contributed by atoms with E-state index in [0.29, 0.717) is 13.1 Å². The van der Waals surface area contributed by atoms with E-state index in [1.165, 1.54) is 24.1 Å². The number of thiophene rings is 1. The first-order chi connectivity index (χ1) is 12.1. The molecule has 25 heavy (non-hydrogen) atoms. The predicted octanol–water partition coefficient (Wildman–Crippen LogP) is 2.28. The molecule has 0 saturated carbocycles. The number of methoxy groups -OCH3 is 1. The van der Waals surface area contributed by atoms with E-state index >= 15 is 0 Å². The molecule has 2 aromatic rings. The monoisotopic (exact) mass is 359 g/mol. The highest BCUT2D eigenvalue weighted by Crippen LogP contribution is 2.24. The summed E-state index contributed by atoms with van der Waals surface area (Å²) in [7, 11) is 1.24. The lowest BCUT2D eigenvalue weighted by Gasteiger charge is -2.26. The number of hydrogen-bond donors (Lipinski definition) is 0. The van der Waals surface area contributed by atoms with E-state index in [4.69, 9.17) is 4.74 Å². The smallest absolute Gasteiger partial charge is 0.339 e. The molecule has 6 nitrogen and oxygen atoms in total. The Labute approximate surface area is 149 Å². The van der Waals surface area contributed by atoms with Gasteiger partial charge in [-0.15, -0.1) is 11.3 Å². The fourth-order valence-corrected chi connectivity index (χ4v) is 3.60. The number of carbonyl (C=O) groups is 3. The standard InChI is InChI=1S/C18H17NO5S/c1-23-17(21)13-4-2-3-5-14(13)18(22)24-11-16(20)19-8-6-15-12(10-19)7-9-25-15/h2-5,7,9H,6,8,10-11H2,1H3. The molecule has 2 heterocycles. The van der Waals surface area contributed by atoms with Crippen molar-refractivity contribution in [2.75, 3.05) is 20.3 Å². The molecule has 0 unspecified atom stereocenters. The summed E-state index contributed by atoms with van der Waals surface area (Å²) in [6.45, 7) is 0.796. The Balaban J connectivity index is 1.61. The molecule has 1 amide bonds. The molecular formula is C18H17NO5S. The topological polar surface area (TPSA) is 72.9 Å². The van der Waals surface area contributed by atoms with Crippen LogP contribution in [-0.4, -0.2) is 43.0 Å². The van der Waals surface area contributed by atoms with Gasteiger partial charge in [0.1, 0.15) is 0 Å². The lowest BCUT2D eigenvalue weighted by atomic mass is 10.1. The van der Waals surface area contributed by atoms with Gasteiger partial charge in [-0.05, 0) is 35.6 Å². The molecular weight excluding hydrogens is 342 g/mol. The van der Waals surface area contributed by atoms with Crippen LogP contribution in [0.25, 0.3) is 0 Å². The highest BCUT2D eigenvalue weighted by Gasteiger charge is 2.24. The summed E-state index contributed by atoms with van der Waals surface area (Å²) < 4.78 is 9.77. The van der Waals surface area contributed by atoms with E-state index in [-0.39, 0.29) is 23.6 Å². The van der Waals surface area contributed by atoms with Crippen molar-refractivity contribution < 1.29 is 23.9 Å². The molecule has 1 aromatic heterocycles. The van der Waals surface area contributed by atoms with Gasteiger partial charge >= 0.3 is 11.9 Å². The highest BCUT2D eigenvalue weighted by molar-refractivity contribution is 7.10. The second-order valence-electron chi connectivity index (χ2n) is 5.55. The number of carbonyl (C=O) groups excluding carboxylic acids is 3. The molecule has 1 aliphatic rings. The Kier molecular flexibility index (Phi) is 5.14. The third-order valence-electron chi connectivity index (χ3n) is 4.04. The number of amides is 1. The van der Waals surface area contributed by atoms with Gasteiger partial charge in [0.2, 0.25) is 0 Å². The predicted molar refractivity (Wildman–Crippen MR) is 91.5 cm³/mol. The fourth-order valence-electron chi connectivity index (χ4n) is 2.71. The van der Waals surface area contributed by atoms with Crippen LogP contribution in [-0.2, 0) is 27.2 Å². The Hall–Kier alpha value is -2.67. The van der Waals surface area contributed by atoms with Gasteiger partial charge in [0.05, 0.1) is 18.2 Å². The molecule has 0 aliphatic carbocycles. The Morgan fingerprint density at radius 2 is 1.84 bits per heavy atom. The van der Waals surface area contributed by atoms with Gasteiger partial charge < -0.3 is 14.4 Å². The minimum absolute atomic E-state index is 0.0842. The summed E-state index contributed by atoms with van der Waals surface area (Å²) in [6, 6.07) is 8.20. The number of benzene rings is 1. The second-order valence-corrected chi connectivity index (χ2v) is 6.55. The SMILES string of the molecule is COC(=O)c1ccccc1C(=O)OCC(=O)N1CCc2sccc2C1. The van der Waals surface area contributed by atoms with Crippen LogP contribution < -0.4 is 0 Å². The summed E-state index contributed by atoms with van der Waals surface area (Å²) in [5, 5.41) is 2.02. The van der Waals surface area contributed by atoms with Crippen molar-refractivity contribution in [2.24, 2.45) is 0 Å². The fraction of sp³-hybridized carbons (Fsp3) is 0.278. The first kappa shape index (κ1) is 17.2. The van der Waals surface area contributed by atoms with Crippen LogP contribution in [0.15, 0.2) is 35.7 Å². The maximum Gasteiger partial charge on any atom is 0.339 e. The summed E-state index contributed by atoms with van der Waals surface area (Å²) >= 11 is 1.69. The van der Waals surface area contributed by atoms with Crippen molar-refractivity contribution in [3.05, 3.63) is 57.3 Å². The first-order valence-electron chi connectivity index (χ1n) is 7.77. The van der Waals surface area contributed by atoms with Crippen LogP contribution in [0.5, 0.6) is 0 Å². The Morgan fingerprint density at radius 1 is 1.12 bits per heavy atom. The summed E-state index contributed by atoms with van der Waals surface area (Å²) in [5.74, 6) is -1.59. The van der Waals surface area contributed by atoms with Gasteiger partial charge in [0.15, 0.2) is 6.61 Å². The lowest BCUT2D eigenvalue weighted by molar-refractivity contribution is -0.135. The molecule has 0 bridgehead atoms. The van der Waals surface area contributed by atoms with Crippen molar-refractivity contribution >= 4 is 29.2 Å². The van der Waals surface area contributed by atoms with Gasteiger partial charge in [0.25, 0.3) is 5.91 Å². The molecule has 0 spiro atoms. The van der Waals surface area contributed by atoms with E-state index in [2.05, 4.69) is 4.74 Å². The normalized spacial score (nSPS) is 13.1. The van der Waals surface area contributed by atoms with Gasteiger partial charge in [-0.3, -0.25) is 4.79 Å². The Bertz CT molecular complexity index is 813. The molecule has 0 N–H and O–H groups in total. The molecule has 0 radical (unpaired) electrons. The van der Waals surface area contributed by atoms with E-state index in [1.807, 2.05) is 11.4 Å². The van der Waals surface area contributed by atoms with E-state index in [9.17, 15) is 14.4 Å². The molecule has 0 saturated heterocycles. The summed E-state index contributed by atoms with van der Waals surface area (Å²) in [4.78, 5) is 39.2. The zero-order valence-corrected chi connectivity index (χ0v) is 14.5. The lowest BCUT2D eigenvalue weighted by Crippen LogP contribution is -2.38. The molecule has 130 valence electrons. The van der Waals surface area contributed by atoms with Crippen LogP contribution in [0.4, 0.5) is 0 Å². The number of rotatable bonds is 4. The first-order valence-corrected chi connectivity index (χ1v) is 8.65.